The SMILES string of the molecule is ClCCSc1ncc(Cl)cc1Br. The van der Waals surface area contributed by atoms with Crippen molar-refractivity contribution in [2.45, 2.75) is 5.03 Å². The maximum absolute atomic E-state index is 5.72. The van der Waals surface area contributed by atoms with E-state index in [1.165, 1.54) is 0 Å². The molecular weight excluding hydrogens is 281 g/mol. The van der Waals surface area contributed by atoms with Gasteiger partial charge < -0.3 is 0 Å². The molecule has 0 saturated heterocycles. The molecule has 0 radical (unpaired) electrons. The molecule has 0 aliphatic rings. The number of thioether (sulfide) groups is 1. The second kappa shape index (κ2) is 5.32. The van der Waals surface area contributed by atoms with Crippen LogP contribution in [0.2, 0.25) is 5.02 Å². The van der Waals surface area contributed by atoms with Crippen molar-refractivity contribution < 1.29 is 0 Å². The lowest BCUT2D eigenvalue weighted by Gasteiger charge is -2.00. The second-order valence-electron chi connectivity index (χ2n) is 1.98. The molecule has 0 bridgehead atoms. The average Bonchev–Trinajstić information content (AvgIpc) is 2.03. The van der Waals surface area contributed by atoms with E-state index in [9.17, 15) is 0 Å². The van der Waals surface area contributed by atoms with Gasteiger partial charge in [0, 0.05) is 17.8 Å². The van der Waals surface area contributed by atoms with Crippen molar-refractivity contribution in [3.05, 3.63) is 21.8 Å². The fourth-order valence-electron chi connectivity index (χ4n) is 0.643. The molecule has 0 unspecified atom stereocenters. The number of halogens is 3. The highest BCUT2D eigenvalue weighted by Crippen LogP contribution is 2.27. The minimum atomic E-state index is 0.626. The lowest BCUT2D eigenvalue weighted by atomic mass is 10.5. The molecule has 0 aromatic carbocycles. The van der Waals surface area contributed by atoms with E-state index in [1.54, 1.807) is 18.0 Å². The van der Waals surface area contributed by atoms with E-state index >= 15 is 0 Å². The predicted molar refractivity (Wildman–Crippen MR) is 58.4 cm³/mol. The molecule has 0 atom stereocenters. The minimum absolute atomic E-state index is 0.626. The van der Waals surface area contributed by atoms with Crippen LogP contribution in [0.3, 0.4) is 0 Å². The van der Waals surface area contributed by atoms with Crippen molar-refractivity contribution in [1.82, 2.24) is 4.98 Å². The van der Waals surface area contributed by atoms with E-state index in [-0.39, 0.29) is 0 Å². The van der Waals surface area contributed by atoms with Crippen molar-refractivity contribution >= 4 is 50.9 Å². The van der Waals surface area contributed by atoms with Crippen molar-refractivity contribution in [2.75, 3.05) is 11.6 Å². The van der Waals surface area contributed by atoms with Gasteiger partial charge in [0.1, 0.15) is 5.03 Å². The number of pyridine rings is 1. The number of hydrogen-bond donors (Lipinski definition) is 0. The standard InChI is InChI=1S/C7H6BrCl2NS/c8-6-3-5(10)4-11-7(6)12-2-1-9/h3-4H,1-2H2. The molecule has 1 aromatic rings. The van der Waals surface area contributed by atoms with Crippen LogP contribution in [0.1, 0.15) is 0 Å². The fourth-order valence-corrected chi connectivity index (χ4v) is 2.45. The van der Waals surface area contributed by atoms with E-state index in [4.69, 9.17) is 23.2 Å². The van der Waals surface area contributed by atoms with E-state index in [0.29, 0.717) is 10.9 Å². The van der Waals surface area contributed by atoms with Crippen LogP contribution in [-0.4, -0.2) is 16.6 Å². The van der Waals surface area contributed by atoms with E-state index in [0.717, 1.165) is 15.3 Å². The Balaban J connectivity index is 2.72. The number of alkyl halides is 1. The number of hydrogen-bond acceptors (Lipinski definition) is 2. The smallest absolute Gasteiger partial charge is 0.110 e. The molecule has 0 fully saturated rings. The number of rotatable bonds is 3. The molecule has 1 heterocycles. The summed E-state index contributed by atoms with van der Waals surface area (Å²) < 4.78 is 0.921. The summed E-state index contributed by atoms with van der Waals surface area (Å²) in [4.78, 5) is 4.14. The van der Waals surface area contributed by atoms with Gasteiger partial charge in [-0.2, -0.15) is 0 Å². The Bertz CT molecular complexity index is 270. The average molecular weight is 287 g/mol. The van der Waals surface area contributed by atoms with Gasteiger partial charge in [0.05, 0.1) is 9.50 Å². The van der Waals surface area contributed by atoms with Crippen LogP contribution in [0.5, 0.6) is 0 Å². The van der Waals surface area contributed by atoms with Gasteiger partial charge in [0.15, 0.2) is 0 Å². The first-order chi connectivity index (χ1) is 5.74. The predicted octanol–water partition coefficient (Wildman–Crippen LogP) is 3.83. The molecule has 0 saturated carbocycles. The summed E-state index contributed by atoms with van der Waals surface area (Å²) in [6.07, 6.45) is 1.63. The summed E-state index contributed by atoms with van der Waals surface area (Å²) in [5.41, 5.74) is 0. The van der Waals surface area contributed by atoms with Gasteiger partial charge in [-0.05, 0) is 22.0 Å². The largest absolute Gasteiger partial charge is 0.247 e. The molecule has 1 rings (SSSR count). The Morgan fingerprint density at radius 1 is 1.58 bits per heavy atom. The number of aromatic nitrogens is 1. The van der Waals surface area contributed by atoms with Crippen molar-refractivity contribution in [3.8, 4) is 0 Å². The third-order valence-electron chi connectivity index (χ3n) is 1.09. The summed E-state index contributed by atoms with van der Waals surface area (Å²) in [6, 6.07) is 1.82. The molecule has 0 spiro atoms. The Labute approximate surface area is 94.0 Å². The van der Waals surface area contributed by atoms with Gasteiger partial charge in [-0.15, -0.1) is 23.4 Å². The lowest BCUT2D eigenvalue weighted by Crippen LogP contribution is -1.85. The first-order valence-electron chi connectivity index (χ1n) is 3.24. The highest BCUT2D eigenvalue weighted by atomic mass is 79.9. The molecular formula is C7H6BrCl2NS. The molecule has 0 aliphatic carbocycles. The van der Waals surface area contributed by atoms with Gasteiger partial charge in [-0.25, -0.2) is 4.98 Å². The van der Waals surface area contributed by atoms with Gasteiger partial charge in [0.25, 0.3) is 0 Å². The Hall–Kier alpha value is 0.560. The Morgan fingerprint density at radius 2 is 2.33 bits per heavy atom. The monoisotopic (exact) mass is 285 g/mol. The first kappa shape index (κ1) is 10.6. The van der Waals surface area contributed by atoms with E-state index in [2.05, 4.69) is 20.9 Å². The van der Waals surface area contributed by atoms with E-state index < -0.39 is 0 Å². The zero-order valence-electron chi connectivity index (χ0n) is 6.06. The van der Waals surface area contributed by atoms with Crippen LogP contribution in [0, 0.1) is 0 Å². The van der Waals surface area contributed by atoms with Crippen LogP contribution in [-0.2, 0) is 0 Å². The first-order valence-corrected chi connectivity index (χ1v) is 5.93. The van der Waals surface area contributed by atoms with Crippen LogP contribution in [0.25, 0.3) is 0 Å². The summed E-state index contributed by atoms with van der Waals surface area (Å²) in [5.74, 6) is 1.48. The Kier molecular flexibility index (Phi) is 4.72. The molecule has 66 valence electrons. The molecule has 0 aliphatic heterocycles. The number of nitrogens with zero attached hydrogens (tertiary/aromatic N) is 1. The summed E-state index contributed by atoms with van der Waals surface area (Å²) >= 11 is 16.2. The molecule has 1 aromatic heterocycles. The molecule has 0 N–H and O–H groups in total. The third kappa shape index (κ3) is 3.13. The molecule has 0 amide bonds. The quantitative estimate of drug-likeness (QED) is 0.619. The van der Waals surface area contributed by atoms with Crippen LogP contribution in [0.4, 0.5) is 0 Å². The second-order valence-corrected chi connectivity index (χ2v) is 4.73. The van der Waals surface area contributed by atoms with Gasteiger partial charge >= 0.3 is 0 Å². The van der Waals surface area contributed by atoms with E-state index in [1.807, 2.05) is 6.07 Å². The highest BCUT2D eigenvalue weighted by molar-refractivity contribution is 9.10. The maximum atomic E-state index is 5.72. The van der Waals surface area contributed by atoms with Crippen molar-refractivity contribution in [1.29, 1.82) is 0 Å². The minimum Gasteiger partial charge on any atom is -0.247 e. The molecule has 5 heteroatoms. The topological polar surface area (TPSA) is 12.9 Å². The Morgan fingerprint density at radius 3 is 2.92 bits per heavy atom. The van der Waals surface area contributed by atoms with Crippen molar-refractivity contribution in [3.63, 3.8) is 0 Å². The van der Waals surface area contributed by atoms with Gasteiger partial charge in [0.2, 0.25) is 0 Å². The maximum Gasteiger partial charge on any atom is 0.110 e. The normalized spacial score (nSPS) is 10.2. The fraction of sp³-hybridized carbons (Fsp3) is 0.286. The van der Waals surface area contributed by atoms with Crippen molar-refractivity contribution in [2.24, 2.45) is 0 Å². The zero-order chi connectivity index (χ0) is 8.97. The zero-order valence-corrected chi connectivity index (χ0v) is 9.97. The molecule has 12 heavy (non-hydrogen) atoms. The highest BCUT2D eigenvalue weighted by Gasteiger charge is 2.01. The summed E-state index contributed by atoms with van der Waals surface area (Å²) in [6.45, 7) is 0. The third-order valence-corrected chi connectivity index (χ3v) is 3.58. The van der Waals surface area contributed by atoms with Crippen LogP contribution < -0.4 is 0 Å². The summed E-state index contributed by atoms with van der Waals surface area (Å²) in [5, 5.41) is 1.57. The van der Waals surface area contributed by atoms with Crippen LogP contribution in [0.15, 0.2) is 21.8 Å². The van der Waals surface area contributed by atoms with Gasteiger partial charge in [-0.1, -0.05) is 11.6 Å². The lowest BCUT2D eigenvalue weighted by molar-refractivity contribution is 1.11. The van der Waals surface area contributed by atoms with Crippen LogP contribution >= 0.6 is 50.9 Å². The molecule has 1 nitrogen and oxygen atoms in total. The summed E-state index contributed by atoms with van der Waals surface area (Å²) in [7, 11) is 0. The van der Waals surface area contributed by atoms with Gasteiger partial charge in [-0.3, -0.25) is 0 Å².